The van der Waals surface area contributed by atoms with Crippen LogP contribution in [0, 0.1) is 18.7 Å². The third-order valence-corrected chi connectivity index (χ3v) is 5.69. The van der Waals surface area contributed by atoms with Gasteiger partial charge in [-0.05, 0) is 42.7 Å². The first-order valence-electron chi connectivity index (χ1n) is 8.68. The van der Waals surface area contributed by atoms with Crippen molar-refractivity contribution in [1.29, 1.82) is 0 Å². The van der Waals surface area contributed by atoms with Gasteiger partial charge in [0.15, 0.2) is 0 Å². The van der Waals surface area contributed by atoms with Gasteiger partial charge in [0, 0.05) is 13.6 Å². The molecule has 7 heteroatoms. The van der Waals surface area contributed by atoms with Gasteiger partial charge in [-0.25, -0.2) is 12.8 Å². The number of likely N-dealkylation sites (N-methyl/N-ethyl adjacent to an activating group) is 1. The fourth-order valence-electron chi connectivity index (χ4n) is 2.65. The number of amides is 1. The van der Waals surface area contributed by atoms with Gasteiger partial charge in [0.1, 0.15) is 11.9 Å². The predicted octanol–water partition coefficient (Wildman–Crippen LogP) is 3.10. The van der Waals surface area contributed by atoms with E-state index in [1.165, 1.54) is 29.2 Å². The van der Waals surface area contributed by atoms with E-state index in [1.54, 1.807) is 45.2 Å². The van der Waals surface area contributed by atoms with Crippen molar-refractivity contribution in [2.45, 2.75) is 38.3 Å². The van der Waals surface area contributed by atoms with Gasteiger partial charge in [-0.1, -0.05) is 43.7 Å². The van der Waals surface area contributed by atoms with Crippen molar-refractivity contribution in [3.63, 3.8) is 0 Å². The average Bonchev–Trinajstić information content (AvgIpc) is 2.59. The number of aryl methyl sites for hydroxylation is 1. The third-order valence-electron chi connectivity index (χ3n) is 4.23. The second-order valence-corrected chi connectivity index (χ2v) is 8.69. The van der Waals surface area contributed by atoms with Crippen LogP contribution in [-0.4, -0.2) is 32.3 Å². The molecule has 1 atom stereocenters. The molecule has 0 saturated carbocycles. The number of carbonyl (C=O) groups excluding carboxylic acids is 1. The van der Waals surface area contributed by atoms with Crippen molar-refractivity contribution in [2.24, 2.45) is 5.92 Å². The maximum Gasteiger partial charge on any atom is 0.241 e. The Morgan fingerprint density at radius 1 is 1.15 bits per heavy atom. The SMILES string of the molecule is Cc1ccc(S(=O)(=O)N[C@H](C(=O)N(C)Cc2cccc(F)c2)C(C)C)cc1. The first-order chi connectivity index (χ1) is 12.6. The summed E-state index contributed by atoms with van der Waals surface area (Å²) in [7, 11) is -2.26. The Labute approximate surface area is 160 Å². The van der Waals surface area contributed by atoms with Gasteiger partial charge in [0.2, 0.25) is 15.9 Å². The summed E-state index contributed by atoms with van der Waals surface area (Å²) in [5.41, 5.74) is 1.58. The molecule has 0 bridgehead atoms. The molecule has 0 aliphatic carbocycles. The van der Waals surface area contributed by atoms with Crippen LogP contribution in [0.25, 0.3) is 0 Å². The highest BCUT2D eigenvalue weighted by molar-refractivity contribution is 7.89. The molecule has 146 valence electrons. The standard InChI is InChI=1S/C20H25FN2O3S/c1-14(2)19(22-27(25,26)18-10-8-15(3)9-11-18)20(24)23(4)13-16-6-5-7-17(21)12-16/h5-12,14,19,22H,13H2,1-4H3/t19-/m0/s1. The topological polar surface area (TPSA) is 66.5 Å². The predicted molar refractivity (Wildman–Crippen MR) is 103 cm³/mol. The lowest BCUT2D eigenvalue weighted by atomic mass is 10.0. The monoisotopic (exact) mass is 392 g/mol. The fourth-order valence-corrected chi connectivity index (χ4v) is 3.99. The minimum atomic E-state index is -3.84. The summed E-state index contributed by atoms with van der Waals surface area (Å²) in [6, 6.07) is 11.5. The highest BCUT2D eigenvalue weighted by Gasteiger charge is 2.30. The molecule has 2 aromatic rings. The summed E-state index contributed by atoms with van der Waals surface area (Å²) in [5, 5.41) is 0. The molecule has 0 unspecified atom stereocenters. The van der Waals surface area contributed by atoms with Crippen LogP contribution < -0.4 is 4.72 Å². The molecule has 1 amide bonds. The fraction of sp³-hybridized carbons (Fsp3) is 0.350. The quantitative estimate of drug-likeness (QED) is 0.787. The summed E-state index contributed by atoms with van der Waals surface area (Å²) in [5.74, 6) is -1.01. The van der Waals surface area contributed by atoms with Gasteiger partial charge in [-0.15, -0.1) is 0 Å². The average molecular weight is 392 g/mol. The molecular formula is C20H25FN2O3S. The Morgan fingerprint density at radius 3 is 2.33 bits per heavy atom. The van der Waals surface area contributed by atoms with Crippen molar-refractivity contribution in [1.82, 2.24) is 9.62 Å². The third kappa shape index (κ3) is 5.61. The molecule has 2 rings (SSSR count). The van der Waals surface area contributed by atoms with Gasteiger partial charge < -0.3 is 4.90 Å². The van der Waals surface area contributed by atoms with E-state index >= 15 is 0 Å². The van der Waals surface area contributed by atoms with Crippen LogP contribution >= 0.6 is 0 Å². The molecule has 1 N–H and O–H groups in total. The first kappa shape index (κ1) is 21.1. The Morgan fingerprint density at radius 2 is 1.78 bits per heavy atom. The van der Waals surface area contributed by atoms with Crippen LogP contribution in [-0.2, 0) is 21.4 Å². The van der Waals surface area contributed by atoms with E-state index in [1.807, 2.05) is 6.92 Å². The van der Waals surface area contributed by atoms with Gasteiger partial charge >= 0.3 is 0 Å². The van der Waals surface area contributed by atoms with Crippen LogP contribution in [0.15, 0.2) is 53.4 Å². The molecular weight excluding hydrogens is 367 g/mol. The zero-order chi connectivity index (χ0) is 20.2. The van der Waals surface area contributed by atoms with Crippen LogP contribution in [0.2, 0.25) is 0 Å². The van der Waals surface area contributed by atoms with E-state index in [-0.39, 0.29) is 29.1 Å². The zero-order valence-corrected chi connectivity index (χ0v) is 16.8. The first-order valence-corrected chi connectivity index (χ1v) is 10.2. The summed E-state index contributed by atoms with van der Waals surface area (Å²) in [6.45, 7) is 5.60. The number of nitrogens with zero attached hydrogens (tertiary/aromatic N) is 1. The Bertz CT molecular complexity index is 896. The highest BCUT2D eigenvalue weighted by atomic mass is 32.2. The van der Waals surface area contributed by atoms with E-state index in [2.05, 4.69) is 4.72 Å². The number of hydrogen-bond acceptors (Lipinski definition) is 3. The largest absolute Gasteiger partial charge is 0.340 e. The number of halogens is 1. The highest BCUT2D eigenvalue weighted by Crippen LogP contribution is 2.15. The van der Waals surface area contributed by atoms with E-state index in [0.717, 1.165) is 5.56 Å². The summed E-state index contributed by atoms with van der Waals surface area (Å²) in [4.78, 5) is 14.4. The van der Waals surface area contributed by atoms with Crippen molar-refractivity contribution >= 4 is 15.9 Å². The lowest BCUT2D eigenvalue weighted by molar-refractivity contribution is -0.133. The van der Waals surface area contributed by atoms with Crippen molar-refractivity contribution in [3.8, 4) is 0 Å². The maximum atomic E-state index is 13.3. The molecule has 0 fully saturated rings. The zero-order valence-electron chi connectivity index (χ0n) is 15.9. The molecule has 0 aliphatic heterocycles. The van der Waals surface area contributed by atoms with Gasteiger partial charge in [0.05, 0.1) is 4.90 Å². The molecule has 0 saturated heterocycles. The lowest BCUT2D eigenvalue weighted by Crippen LogP contribution is -2.49. The van der Waals surface area contributed by atoms with E-state index in [0.29, 0.717) is 5.56 Å². The Balaban J connectivity index is 2.18. The molecule has 27 heavy (non-hydrogen) atoms. The molecule has 0 heterocycles. The smallest absolute Gasteiger partial charge is 0.241 e. The summed E-state index contributed by atoms with van der Waals surface area (Å²) >= 11 is 0. The van der Waals surface area contributed by atoms with Crippen LogP contribution in [0.5, 0.6) is 0 Å². The molecule has 0 radical (unpaired) electrons. The van der Waals surface area contributed by atoms with Crippen molar-refractivity contribution in [2.75, 3.05) is 7.05 Å². The van der Waals surface area contributed by atoms with Gasteiger partial charge in [-0.2, -0.15) is 4.72 Å². The number of carbonyl (C=O) groups is 1. The normalized spacial score (nSPS) is 12.8. The maximum absolute atomic E-state index is 13.3. The number of rotatable bonds is 7. The summed E-state index contributed by atoms with van der Waals surface area (Å²) in [6.07, 6.45) is 0. The number of benzene rings is 2. The molecule has 5 nitrogen and oxygen atoms in total. The minimum absolute atomic E-state index is 0.110. The number of sulfonamides is 1. The second kappa shape index (κ2) is 8.63. The lowest BCUT2D eigenvalue weighted by Gasteiger charge is -2.27. The Hall–Kier alpha value is -2.25. The van der Waals surface area contributed by atoms with Gasteiger partial charge in [-0.3, -0.25) is 4.79 Å². The molecule has 0 aliphatic rings. The summed E-state index contributed by atoms with van der Waals surface area (Å²) < 4.78 is 41.2. The number of nitrogens with one attached hydrogen (secondary N) is 1. The number of hydrogen-bond donors (Lipinski definition) is 1. The van der Waals surface area contributed by atoms with Crippen molar-refractivity contribution in [3.05, 3.63) is 65.5 Å². The minimum Gasteiger partial charge on any atom is -0.340 e. The van der Waals surface area contributed by atoms with Crippen LogP contribution in [0.1, 0.15) is 25.0 Å². The van der Waals surface area contributed by atoms with E-state index in [9.17, 15) is 17.6 Å². The van der Waals surface area contributed by atoms with Gasteiger partial charge in [0.25, 0.3) is 0 Å². The van der Waals surface area contributed by atoms with Crippen LogP contribution in [0.4, 0.5) is 4.39 Å². The molecule has 2 aromatic carbocycles. The van der Waals surface area contributed by atoms with Crippen molar-refractivity contribution < 1.29 is 17.6 Å². The van der Waals surface area contributed by atoms with E-state index in [4.69, 9.17) is 0 Å². The van der Waals surface area contributed by atoms with E-state index < -0.39 is 16.1 Å². The Kier molecular flexibility index (Phi) is 6.73. The molecule has 0 spiro atoms. The van der Waals surface area contributed by atoms with Crippen LogP contribution in [0.3, 0.4) is 0 Å². The second-order valence-electron chi connectivity index (χ2n) is 6.98. The molecule has 0 aromatic heterocycles.